The predicted molar refractivity (Wildman–Crippen MR) is 68.3 cm³/mol. The maximum atomic E-state index is 11.8. The lowest BCUT2D eigenvalue weighted by atomic mass is 10.0. The summed E-state index contributed by atoms with van der Waals surface area (Å²) in [5.41, 5.74) is 8.22. The molecule has 1 atom stereocenters. The molecule has 0 bridgehead atoms. The first-order chi connectivity index (χ1) is 7.54. The standard InChI is InChI=1S/C13H20N2O/c1-4-5-9(2)13(16)15-12-7-6-11(14)8-10(12)3/h6-9H,4-5,14H2,1-3H3,(H,15,16)/t9-/m1/s1. The van der Waals surface area contributed by atoms with Crippen molar-refractivity contribution in [2.75, 3.05) is 11.1 Å². The monoisotopic (exact) mass is 220 g/mol. The van der Waals surface area contributed by atoms with E-state index in [0.29, 0.717) is 0 Å². The van der Waals surface area contributed by atoms with E-state index in [1.54, 1.807) is 6.07 Å². The molecule has 0 aromatic heterocycles. The van der Waals surface area contributed by atoms with Crippen molar-refractivity contribution >= 4 is 17.3 Å². The first-order valence-electron chi connectivity index (χ1n) is 5.71. The summed E-state index contributed by atoms with van der Waals surface area (Å²) in [7, 11) is 0. The molecule has 0 spiro atoms. The fraction of sp³-hybridized carbons (Fsp3) is 0.462. The summed E-state index contributed by atoms with van der Waals surface area (Å²) < 4.78 is 0. The van der Waals surface area contributed by atoms with Crippen molar-refractivity contribution in [3.8, 4) is 0 Å². The summed E-state index contributed by atoms with van der Waals surface area (Å²) in [6, 6.07) is 5.51. The number of anilines is 2. The number of rotatable bonds is 4. The number of nitrogen functional groups attached to an aromatic ring is 1. The van der Waals surface area contributed by atoms with Crippen LogP contribution in [0.3, 0.4) is 0 Å². The normalized spacial score (nSPS) is 12.2. The number of benzene rings is 1. The number of hydrogen-bond acceptors (Lipinski definition) is 2. The fourth-order valence-electron chi connectivity index (χ4n) is 1.65. The van der Waals surface area contributed by atoms with Gasteiger partial charge in [-0.25, -0.2) is 0 Å². The smallest absolute Gasteiger partial charge is 0.227 e. The molecule has 0 aliphatic heterocycles. The molecular formula is C13H20N2O. The van der Waals surface area contributed by atoms with Crippen LogP contribution < -0.4 is 11.1 Å². The molecule has 0 fully saturated rings. The van der Waals surface area contributed by atoms with Crippen molar-refractivity contribution in [1.82, 2.24) is 0 Å². The van der Waals surface area contributed by atoms with Crippen LogP contribution in [0.2, 0.25) is 0 Å². The Morgan fingerprint density at radius 3 is 2.75 bits per heavy atom. The second-order valence-electron chi connectivity index (χ2n) is 4.25. The maximum Gasteiger partial charge on any atom is 0.227 e. The Morgan fingerprint density at radius 1 is 1.50 bits per heavy atom. The van der Waals surface area contributed by atoms with Crippen molar-refractivity contribution in [3.63, 3.8) is 0 Å². The van der Waals surface area contributed by atoms with Gasteiger partial charge < -0.3 is 11.1 Å². The molecule has 1 aromatic carbocycles. The van der Waals surface area contributed by atoms with E-state index >= 15 is 0 Å². The summed E-state index contributed by atoms with van der Waals surface area (Å²) in [5, 5.41) is 2.93. The van der Waals surface area contributed by atoms with Gasteiger partial charge in [0.25, 0.3) is 0 Å². The number of amides is 1. The summed E-state index contributed by atoms with van der Waals surface area (Å²) in [6.45, 7) is 5.97. The first-order valence-corrected chi connectivity index (χ1v) is 5.71. The average Bonchev–Trinajstić information content (AvgIpc) is 2.22. The first kappa shape index (κ1) is 12.6. The Labute approximate surface area is 97.0 Å². The number of nitrogens with two attached hydrogens (primary N) is 1. The van der Waals surface area contributed by atoms with Crippen molar-refractivity contribution in [3.05, 3.63) is 23.8 Å². The SMILES string of the molecule is CCC[C@@H](C)C(=O)Nc1ccc(N)cc1C. The van der Waals surface area contributed by atoms with Crippen molar-refractivity contribution in [2.24, 2.45) is 5.92 Å². The van der Waals surface area contributed by atoms with E-state index in [0.717, 1.165) is 29.8 Å². The Kier molecular flexibility index (Phi) is 4.35. The molecule has 3 nitrogen and oxygen atoms in total. The number of carbonyl (C=O) groups is 1. The van der Waals surface area contributed by atoms with Gasteiger partial charge in [0.2, 0.25) is 5.91 Å². The minimum atomic E-state index is 0.0574. The van der Waals surface area contributed by atoms with E-state index in [1.807, 2.05) is 26.0 Å². The van der Waals surface area contributed by atoms with Crippen LogP contribution in [0.15, 0.2) is 18.2 Å². The van der Waals surface area contributed by atoms with Gasteiger partial charge in [0.05, 0.1) is 0 Å². The van der Waals surface area contributed by atoms with Gasteiger partial charge in [-0.15, -0.1) is 0 Å². The van der Waals surface area contributed by atoms with Gasteiger partial charge >= 0.3 is 0 Å². The number of aryl methyl sites for hydroxylation is 1. The van der Waals surface area contributed by atoms with Gasteiger partial charge in [0.1, 0.15) is 0 Å². The largest absolute Gasteiger partial charge is 0.399 e. The van der Waals surface area contributed by atoms with E-state index in [-0.39, 0.29) is 11.8 Å². The molecule has 0 unspecified atom stereocenters. The molecule has 1 amide bonds. The number of hydrogen-bond donors (Lipinski definition) is 2. The Morgan fingerprint density at radius 2 is 2.19 bits per heavy atom. The number of carbonyl (C=O) groups excluding carboxylic acids is 1. The Balaban J connectivity index is 2.69. The van der Waals surface area contributed by atoms with Crippen LogP contribution in [0.25, 0.3) is 0 Å². The van der Waals surface area contributed by atoms with Crippen LogP contribution in [0, 0.1) is 12.8 Å². The predicted octanol–water partition coefficient (Wildman–Crippen LogP) is 2.95. The second kappa shape index (κ2) is 5.54. The van der Waals surface area contributed by atoms with E-state index < -0.39 is 0 Å². The zero-order valence-electron chi connectivity index (χ0n) is 10.2. The van der Waals surface area contributed by atoms with Gasteiger partial charge in [-0.3, -0.25) is 4.79 Å². The molecular weight excluding hydrogens is 200 g/mol. The summed E-state index contributed by atoms with van der Waals surface area (Å²) in [6.07, 6.45) is 1.94. The molecule has 16 heavy (non-hydrogen) atoms. The minimum absolute atomic E-state index is 0.0574. The zero-order valence-corrected chi connectivity index (χ0v) is 10.2. The molecule has 1 aromatic rings. The third-order valence-electron chi connectivity index (χ3n) is 2.68. The molecule has 0 aliphatic rings. The molecule has 1 rings (SSSR count). The van der Waals surface area contributed by atoms with Crippen LogP contribution in [-0.2, 0) is 4.79 Å². The van der Waals surface area contributed by atoms with E-state index in [2.05, 4.69) is 12.2 Å². The van der Waals surface area contributed by atoms with Gasteiger partial charge in [-0.1, -0.05) is 20.3 Å². The molecule has 0 aliphatic carbocycles. The molecule has 0 saturated heterocycles. The Bertz CT molecular complexity index is 374. The van der Waals surface area contributed by atoms with E-state index in [1.165, 1.54) is 0 Å². The lowest BCUT2D eigenvalue weighted by Gasteiger charge is -2.13. The maximum absolute atomic E-state index is 11.8. The molecule has 0 heterocycles. The van der Waals surface area contributed by atoms with Crippen LogP contribution in [-0.4, -0.2) is 5.91 Å². The quantitative estimate of drug-likeness (QED) is 0.766. The van der Waals surface area contributed by atoms with Gasteiger partial charge in [-0.2, -0.15) is 0 Å². The zero-order chi connectivity index (χ0) is 12.1. The lowest BCUT2D eigenvalue weighted by molar-refractivity contribution is -0.119. The third-order valence-corrected chi connectivity index (χ3v) is 2.68. The van der Waals surface area contributed by atoms with Gasteiger partial charge in [0.15, 0.2) is 0 Å². The van der Waals surface area contributed by atoms with Crippen LogP contribution in [0.4, 0.5) is 11.4 Å². The van der Waals surface area contributed by atoms with Crippen LogP contribution in [0.5, 0.6) is 0 Å². The topological polar surface area (TPSA) is 55.1 Å². The molecule has 0 radical (unpaired) electrons. The summed E-state index contributed by atoms with van der Waals surface area (Å²) in [4.78, 5) is 11.8. The average molecular weight is 220 g/mol. The number of nitrogens with one attached hydrogen (secondary N) is 1. The van der Waals surface area contributed by atoms with E-state index in [9.17, 15) is 4.79 Å². The minimum Gasteiger partial charge on any atom is -0.399 e. The summed E-state index contributed by atoms with van der Waals surface area (Å²) in [5.74, 6) is 0.136. The van der Waals surface area contributed by atoms with E-state index in [4.69, 9.17) is 5.73 Å². The van der Waals surface area contributed by atoms with Crippen molar-refractivity contribution in [2.45, 2.75) is 33.6 Å². The van der Waals surface area contributed by atoms with Crippen molar-refractivity contribution < 1.29 is 4.79 Å². The van der Waals surface area contributed by atoms with Crippen LogP contribution >= 0.6 is 0 Å². The lowest BCUT2D eigenvalue weighted by Crippen LogP contribution is -2.20. The molecule has 3 heteroatoms. The van der Waals surface area contributed by atoms with Gasteiger partial charge in [0, 0.05) is 17.3 Å². The highest BCUT2D eigenvalue weighted by atomic mass is 16.1. The highest BCUT2D eigenvalue weighted by Crippen LogP contribution is 2.19. The highest BCUT2D eigenvalue weighted by Gasteiger charge is 2.12. The van der Waals surface area contributed by atoms with Gasteiger partial charge in [-0.05, 0) is 37.1 Å². The third kappa shape index (κ3) is 3.26. The molecule has 0 saturated carbocycles. The second-order valence-corrected chi connectivity index (χ2v) is 4.25. The fourth-order valence-corrected chi connectivity index (χ4v) is 1.65. The highest BCUT2D eigenvalue weighted by molar-refractivity contribution is 5.93. The van der Waals surface area contributed by atoms with Crippen molar-refractivity contribution in [1.29, 1.82) is 0 Å². The molecule has 88 valence electrons. The molecule has 3 N–H and O–H groups in total. The van der Waals surface area contributed by atoms with Crippen LogP contribution in [0.1, 0.15) is 32.3 Å². The Hall–Kier alpha value is -1.51. The summed E-state index contributed by atoms with van der Waals surface area (Å²) >= 11 is 0.